The van der Waals surface area contributed by atoms with Crippen molar-refractivity contribution in [1.29, 1.82) is 0 Å². The maximum Gasteiger partial charge on any atom is 0.408 e. The second-order valence-corrected chi connectivity index (χ2v) is 14.6. The molecule has 0 saturated carbocycles. The van der Waals surface area contributed by atoms with Gasteiger partial charge in [-0.05, 0) is 76.8 Å². The van der Waals surface area contributed by atoms with E-state index in [-0.39, 0.29) is 45.7 Å². The summed E-state index contributed by atoms with van der Waals surface area (Å²) in [6.07, 6.45) is 3.89. The van der Waals surface area contributed by atoms with E-state index in [4.69, 9.17) is 32.7 Å². The van der Waals surface area contributed by atoms with E-state index >= 15 is 0 Å². The first-order chi connectivity index (χ1) is 21.2. The Morgan fingerprint density at radius 1 is 1.07 bits per heavy atom. The number of amides is 3. The van der Waals surface area contributed by atoms with E-state index in [1.165, 1.54) is 18.2 Å². The Kier molecular flexibility index (Phi) is 11.1. The third kappa shape index (κ3) is 8.90. The lowest BCUT2D eigenvalue weighted by Crippen LogP contribution is -2.60. The maximum absolute atomic E-state index is 14.1. The molecule has 0 aliphatic carbocycles. The third-order valence-electron chi connectivity index (χ3n) is 7.38. The van der Waals surface area contributed by atoms with Gasteiger partial charge in [-0.2, -0.15) is 0 Å². The molecular formula is C31H38Cl2N4O7S. The number of rotatable bonds is 2. The van der Waals surface area contributed by atoms with Gasteiger partial charge in [0, 0.05) is 25.3 Å². The highest BCUT2D eigenvalue weighted by Crippen LogP contribution is 2.33. The van der Waals surface area contributed by atoms with Crippen LogP contribution < -0.4 is 20.3 Å². The van der Waals surface area contributed by atoms with Crippen LogP contribution in [0.1, 0.15) is 56.8 Å². The fraction of sp³-hybridized carbons (Fsp3) is 0.452. The lowest BCUT2D eigenvalue weighted by molar-refractivity contribution is -0.124. The first kappa shape index (κ1) is 34.6. The molecule has 3 amide bonds. The molecule has 2 aliphatic heterocycles. The van der Waals surface area contributed by atoms with Gasteiger partial charge >= 0.3 is 6.09 Å². The van der Waals surface area contributed by atoms with E-state index in [1.54, 1.807) is 57.2 Å². The SMILES string of the molecule is CC(C)(C)OC(=O)NC1CC/C=C/CN(c2ccccc2Cl)S(=O)(=O)c2cc(ccc2Cl)C(=O)NC2(CCOCC2)CNC1=O. The van der Waals surface area contributed by atoms with Crippen LogP contribution in [0.15, 0.2) is 59.5 Å². The quantitative estimate of drug-likeness (QED) is 0.386. The predicted octanol–water partition coefficient (Wildman–Crippen LogP) is 4.83. The van der Waals surface area contributed by atoms with Gasteiger partial charge in [-0.25, -0.2) is 13.2 Å². The molecule has 1 spiro atoms. The number of halogens is 2. The van der Waals surface area contributed by atoms with Crippen LogP contribution in [0.2, 0.25) is 10.0 Å². The van der Waals surface area contributed by atoms with Gasteiger partial charge in [-0.1, -0.05) is 47.5 Å². The number of carbonyl (C=O) groups excluding carboxylic acids is 3. The minimum absolute atomic E-state index is 0.0578. The van der Waals surface area contributed by atoms with Crippen molar-refractivity contribution >= 4 is 56.8 Å². The molecule has 11 nitrogen and oxygen atoms in total. The van der Waals surface area contributed by atoms with Crippen molar-refractivity contribution in [2.45, 2.75) is 68.5 Å². The topological polar surface area (TPSA) is 143 Å². The molecule has 0 aromatic heterocycles. The summed E-state index contributed by atoms with van der Waals surface area (Å²) < 4.78 is 40.3. The summed E-state index contributed by atoms with van der Waals surface area (Å²) in [7, 11) is -4.32. The monoisotopic (exact) mass is 680 g/mol. The molecule has 2 bridgehead atoms. The normalized spacial score (nSPS) is 21.6. The summed E-state index contributed by atoms with van der Waals surface area (Å²) in [6.45, 7) is 5.77. The summed E-state index contributed by atoms with van der Waals surface area (Å²) in [5.74, 6) is -0.996. The number of nitrogens with zero attached hydrogens (tertiary/aromatic N) is 1. The second kappa shape index (κ2) is 14.4. The number of alkyl carbamates (subject to hydrolysis) is 1. The largest absolute Gasteiger partial charge is 0.444 e. The molecule has 0 radical (unpaired) electrons. The molecule has 1 fully saturated rings. The van der Waals surface area contributed by atoms with E-state index in [1.807, 2.05) is 0 Å². The Morgan fingerprint density at radius 3 is 2.47 bits per heavy atom. The van der Waals surface area contributed by atoms with E-state index in [0.29, 0.717) is 32.5 Å². The highest BCUT2D eigenvalue weighted by molar-refractivity contribution is 7.93. The first-order valence-electron chi connectivity index (χ1n) is 14.6. The van der Waals surface area contributed by atoms with Crippen LogP contribution in [0.25, 0.3) is 0 Å². The number of carbonyl (C=O) groups is 3. The lowest BCUT2D eigenvalue weighted by Gasteiger charge is -2.38. The standard InChI is InChI=1S/C31H38Cl2N4O7S/c1-30(2,3)44-29(40)35-24-10-5-4-8-16-37(25-11-7-6-9-22(25)32)45(41,42)26-19-21(12-13-23(26)33)27(38)36-31(20-34-28(24)39)14-17-43-18-15-31/h4,6-9,11-13,19,24H,5,10,14-18,20H2,1-3H3,(H,34,39)(H,35,40)(H,36,38)/b8-4+. The molecule has 244 valence electrons. The van der Waals surface area contributed by atoms with Crippen LogP contribution in [-0.4, -0.2) is 69.8 Å². The summed E-state index contributed by atoms with van der Waals surface area (Å²) in [4.78, 5) is 39.4. The first-order valence-corrected chi connectivity index (χ1v) is 16.8. The van der Waals surface area contributed by atoms with Crippen molar-refractivity contribution < 1.29 is 32.3 Å². The summed E-state index contributed by atoms with van der Waals surface area (Å²) in [5, 5.41) is 8.69. The molecule has 2 aromatic carbocycles. The van der Waals surface area contributed by atoms with Gasteiger partial charge in [-0.15, -0.1) is 0 Å². The zero-order valence-corrected chi connectivity index (χ0v) is 27.7. The number of ether oxygens (including phenoxy) is 2. The van der Waals surface area contributed by atoms with Crippen molar-refractivity contribution in [1.82, 2.24) is 16.0 Å². The number of allylic oxidation sites excluding steroid dienone is 1. The fourth-order valence-corrected chi connectivity index (χ4v) is 7.24. The molecule has 45 heavy (non-hydrogen) atoms. The van der Waals surface area contributed by atoms with E-state index < -0.39 is 45.1 Å². The highest BCUT2D eigenvalue weighted by Gasteiger charge is 2.37. The van der Waals surface area contributed by atoms with Crippen molar-refractivity contribution in [3.05, 3.63) is 70.2 Å². The van der Waals surface area contributed by atoms with Gasteiger partial charge < -0.3 is 25.4 Å². The number of anilines is 1. The Bertz CT molecular complexity index is 1550. The lowest BCUT2D eigenvalue weighted by atomic mass is 9.89. The number of fused-ring (bicyclic) bond motifs is 2. The maximum atomic E-state index is 14.1. The van der Waals surface area contributed by atoms with Crippen molar-refractivity contribution in [2.24, 2.45) is 0 Å². The Balaban J connectivity index is 1.75. The summed E-state index contributed by atoms with van der Waals surface area (Å²) in [6, 6.07) is 9.56. The minimum Gasteiger partial charge on any atom is -0.444 e. The van der Waals surface area contributed by atoms with Crippen molar-refractivity contribution in [3.8, 4) is 0 Å². The van der Waals surface area contributed by atoms with Crippen molar-refractivity contribution in [3.63, 3.8) is 0 Å². The number of para-hydroxylation sites is 1. The van der Waals surface area contributed by atoms with Gasteiger partial charge in [0.25, 0.3) is 15.9 Å². The number of nitrogens with one attached hydrogen (secondary N) is 3. The second-order valence-electron chi connectivity index (χ2n) is 11.9. The third-order valence-corrected chi connectivity index (χ3v) is 9.96. The zero-order chi connectivity index (χ0) is 32.8. The van der Waals surface area contributed by atoms with Gasteiger partial charge in [0.1, 0.15) is 16.5 Å². The molecule has 4 rings (SSSR count). The van der Waals surface area contributed by atoms with Gasteiger partial charge in [0.15, 0.2) is 0 Å². The van der Waals surface area contributed by atoms with E-state index in [9.17, 15) is 22.8 Å². The minimum atomic E-state index is -4.32. The molecule has 2 aliphatic rings. The Morgan fingerprint density at radius 2 is 1.78 bits per heavy atom. The highest BCUT2D eigenvalue weighted by atomic mass is 35.5. The molecular weight excluding hydrogens is 643 g/mol. The summed E-state index contributed by atoms with van der Waals surface area (Å²) >= 11 is 12.9. The molecule has 2 aromatic rings. The number of hydrogen-bond acceptors (Lipinski definition) is 7. The van der Waals surface area contributed by atoms with Crippen LogP contribution in [0, 0.1) is 0 Å². The predicted molar refractivity (Wildman–Crippen MR) is 172 cm³/mol. The van der Waals surface area contributed by atoms with Crippen LogP contribution in [-0.2, 0) is 24.3 Å². The van der Waals surface area contributed by atoms with Gasteiger partial charge in [-0.3, -0.25) is 13.9 Å². The van der Waals surface area contributed by atoms with E-state index in [0.717, 1.165) is 4.31 Å². The van der Waals surface area contributed by atoms with Crippen LogP contribution in [0.3, 0.4) is 0 Å². The molecule has 14 heteroatoms. The van der Waals surface area contributed by atoms with Crippen molar-refractivity contribution in [2.75, 3.05) is 30.6 Å². The molecule has 3 N–H and O–H groups in total. The van der Waals surface area contributed by atoms with Crippen LogP contribution in [0.4, 0.5) is 10.5 Å². The number of hydrogen-bond donors (Lipinski definition) is 3. The summed E-state index contributed by atoms with van der Waals surface area (Å²) in [5.41, 5.74) is -1.38. The Labute approximate surface area is 273 Å². The molecule has 2 heterocycles. The average molecular weight is 682 g/mol. The van der Waals surface area contributed by atoms with Crippen LogP contribution in [0.5, 0.6) is 0 Å². The molecule has 1 unspecified atom stereocenters. The molecule has 1 atom stereocenters. The Hall–Kier alpha value is -3.32. The number of sulfonamides is 1. The van der Waals surface area contributed by atoms with Gasteiger partial charge in [0.05, 0.1) is 27.8 Å². The zero-order valence-electron chi connectivity index (χ0n) is 25.4. The van der Waals surface area contributed by atoms with Crippen LogP contribution >= 0.6 is 23.2 Å². The molecule has 1 saturated heterocycles. The van der Waals surface area contributed by atoms with E-state index in [2.05, 4.69) is 16.0 Å². The fourth-order valence-electron chi connectivity index (χ4n) is 5.01. The number of benzene rings is 2. The van der Waals surface area contributed by atoms with Gasteiger partial charge in [0.2, 0.25) is 5.91 Å². The average Bonchev–Trinajstić information content (AvgIpc) is 2.97. The smallest absolute Gasteiger partial charge is 0.408 e.